The van der Waals surface area contributed by atoms with Crippen LogP contribution in [-0.4, -0.2) is 24.0 Å². The Hall–Kier alpha value is -0.860. The quantitative estimate of drug-likeness (QED) is 0.849. The summed E-state index contributed by atoms with van der Waals surface area (Å²) in [6.45, 7) is 5.20. The first kappa shape index (κ1) is 14.5. The fraction of sp³-hybridized carbons (Fsp3) is 0.647. The molecule has 2 nitrogen and oxygen atoms in total. The van der Waals surface area contributed by atoms with Gasteiger partial charge in [-0.15, -0.1) is 0 Å². The largest absolute Gasteiger partial charge is 0.329 e. The topological polar surface area (TPSA) is 29.3 Å². The molecule has 106 valence electrons. The van der Waals surface area contributed by atoms with E-state index in [0.29, 0.717) is 6.04 Å². The highest BCUT2D eigenvalue weighted by Gasteiger charge is 2.24. The summed E-state index contributed by atoms with van der Waals surface area (Å²) in [5.41, 5.74) is 7.21. The fourth-order valence-corrected chi connectivity index (χ4v) is 3.33. The highest BCUT2D eigenvalue weighted by Crippen LogP contribution is 2.29. The number of hydrogen-bond acceptors (Lipinski definition) is 2. The standard InChI is InChI=1S/C17H28N2/c1-15(17-10-6-3-7-11-17)19(13-12-18)14-16-8-4-2-5-9-16/h2,4-5,8-9,15,17H,3,6-7,10-14,18H2,1H3. The summed E-state index contributed by atoms with van der Waals surface area (Å²) in [6, 6.07) is 11.4. The number of hydrogen-bond donors (Lipinski definition) is 1. The van der Waals surface area contributed by atoms with E-state index in [-0.39, 0.29) is 0 Å². The molecule has 0 aromatic heterocycles. The Balaban J connectivity index is 1.97. The summed E-state index contributed by atoms with van der Waals surface area (Å²) in [6.07, 6.45) is 7.06. The SMILES string of the molecule is CC(C1CCCCC1)N(CCN)Cc1ccccc1. The van der Waals surface area contributed by atoms with Crippen LogP contribution < -0.4 is 5.73 Å². The van der Waals surface area contributed by atoms with Gasteiger partial charge in [0.25, 0.3) is 0 Å². The Bertz CT molecular complexity index is 344. The Morgan fingerprint density at radius 1 is 1.16 bits per heavy atom. The van der Waals surface area contributed by atoms with Gasteiger partial charge >= 0.3 is 0 Å². The van der Waals surface area contributed by atoms with Crippen LogP contribution in [0.3, 0.4) is 0 Å². The molecule has 0 radical (unpaired) electrons. The van der Waals surface area contributed by atoms with E-state index in [2.05, 4.69) is 42.2 Å². The monoisotopic (exact) mass is 260 g/mol. The number of rotatable bonds is 6. The molecule has 2 N–H and O–H groups in total. The lowest BCUT2D eigenvalue weighted by Crippen LogP contribution is -2.41. The maximum Gasteiger partial charge on any atom is 0.0237 e. The van der Waals surface area contributed by atoms with Gasteiger partial charge in [-0.2, -0.15) is 0 Å². The minimum atomic E-state index is 0.657. The van der Waals surface area contributed by atoms with Crippen molar-refractivity contribution in [2.75, 3.05) is 13.1 Å². The smallest absolute Gasteiger partial charge is 0.0237 e. The van der Waals surface area contributed by atoms with Crippen LogP contribution in [0.25, 0.3) is 0 Å². The van der Waals surface area contributed by atoms with Crippen LogP contribution in [0, 0.1) is 5.92 Å². The lowest BCUT2D eigenvalue weighted by Gasteiger charge is -2.36. The lowest BCUT2D eigenvalue weighted by molar-refractivity contribution is 0.126. The molecular formula is C17H28N2. The van der Waals surface area contributed by atoms with Gasteiger partial charge in [0.05, 0.1) is 0 Å². The van der Waals surface area contributed by atoms with E-state index in [1.165, 1.54) is 37.7 Å². The average molecular weight is 260 g/mol. The van der Waals surface area contributed by atoms with Crippen molar-refractivity contribution in [1.82, 2.24) is 4.90 Å². The normalized spacial score (nSPS) is 18.7. The van der Waals surface area contributed by atoms with Crippen LogP contribution in [0.2, 0.25) is 0 Å². The second-order valence-electron chi connectivity index (χ2n) is 5.88. The van der Waals surface area contributed by atoms with Crippen LogP contribution in [0.15, 0.2) is 30.3 Å². The lowest BCUT2D eigenvalue weighted by atomic mass is 9.84. The molecule has 2 rings (SSSR count). The summed E-state index contributed by atoms with van der Waals surface area (Å²) in [5.74, 6) is 0.865. The van der Waals surface area contributed by atoms with Gasteiger partial charge in [-0.25, -0.2) is 0 Å². The molecule has 1 aliphatic carbocycles. The molecular weight excluding hydrogens is 232 g/mol. The van der Waals surface area contributed by atoms with Crippen molar-refractivity contribution >= 4 is 0 Å². The first-order chi connectivity index (χ1) is 9.31. The third kappa shape index (κ3) is 4.32. The number of nitrogens with two attached hydrogens (primary N) is 1. The first-order valence-corrected chi connectivity index (χ1v) is 7.79. The molecule has 1 fully saturated rings. The van der Waals surface area contributed by atoms with Crippen molar-refractivity contribution in [2.24, 2.45) is 11.7 Å². The predicted octanol–water partition coefficient (Wildman–Crippen LogP) is 3.42. The Kier molecular flexibility index (Phi) is 5.87. The fourth-order valence-electron chi connectivity index (χ4n) is 3.33. The van der Waals surface area contributed by atoms with Crippen molar-refractivity contribution < 1.29 is 0 Å². The zero-order valence-corrected chi connectivity index (χ0v) is 12.2. The van der Waals surface area contributed by atoms with Gasteiger partial charge in [-0.05, 0) is 31.2 Å². The highest BCUT2D eigenvalue weighted by atomic mass is 15.2. The number of benzene rings is 1. The summed E-state index contributed by atoms with van der Waals surface area (Å²) in [5, 5.41) is 0. The first-order valence-electron chi connectivity index (χ1n) is 7.79. The molecule has 19 heavy (non-hydrogen) atoms. The Labute approximate surface area is 118 Å². The molecule has 0 saturated heterocycles. The van der Waals surface area contributed by atoms with Crippen molar-refractivity contribution in [3.63, 3.8) is 0 Å². The number of nitrogens with zero attached hydrogens (tertiary/aromatic N) is 1. The zero-order chi connectivity index (χ0) is 13.5. The Morgan fingerprint density at radius 3 is 2.47 bits per heavy atom. The molecule has 2 heteroatoms. The van der Waals surface area contributed by atoms with Gasteiger partial charge < -0.3 is 5.73 Å². The van der Waals surface area contributed by atoms with Crippen LogP contribution in [0.5, 0.6) is 0 Å². The predicted molar refractivity (Wildman–Crippen MR) is 81.9 cm³/mol. The third-order valence-electron chi connectivity index (χ3n) is 4.55. The molecule has 1 unspecified atom stereocenters. The second kappa shape index (κ2) is 7.66. The van der Waals surface area contributed by atoms with Gasteiger partial charge in [0.15, 0.2) is 0 Å². The molecule has 0 bridgehead atoms. The van der Waals surface area contributed by atoms with E-state index in [0.717, 1.165) is 25.6 Å². The second-order valence-corrected chi connectivity index (χ2v) is 5.88. The molecule has 1 aromatic rings. The minimum Gasteiger partial charge on any atom is -0.329 e. The van der Waals surface area contributed by atoms with Crippen LogP contribution in [0.1, 0.15) is 44.6 Å². The molecule has 1 saturated carbocycles. The molecule has 0 aliphatic heterocycles. The summed E-state index contributed by atoms with van der Waals surface area (Å²) in [7, 11) is 0. The van der Waals surface area contributed by atoms with Gasteiger partial charge in [0, 0.05) is 25.7 Å². The maximum atomic E-state index is 5.81. The van der Waals surface area contributed by atoms with E-state index in [4.69, 9.17) is 5.73 Å². The Morgan fingerprint density at radius 2 is 1.84 bits per heavy atom. The van der Waals surface area contributed by atoms with Crippen LogP contribution >= 0.6 is 0 Å². The van der Waals surface area contributed by atoms with Crippen molar-refractivity contribution in [2.45, 2.75) is 51.6 Å². The van der Waals surface area contributed by atoms with E-state index in [1.54, 1.807) is 0 Å². The average Bonchev–Trinajstić information content (AvgIpc) is 2.48. The maximum absolute atomic E-state index is 5.81. The van der Waals surface area contributed by atoms with E-state index in [1.807, 2.05) is 0 Å². The van der Waals surface area contributed by atoms with E-state index >= 15 is 0 Å². The van der Waals surface area contributed by atoms with Gasteiger partial charge in [0.1, 0.15) is 0 Å². The van der Waals surface area contributed by atoms with Crippen molar-refractivity contribution in [1.29, 1.82) is 0 Å². The van der Waals surface area contributed by atoms with E-state index < -0.39 is 0 Å². The summed E-state index contributed by atoms with van der Waals surface area (Å²) < 4.78 is 0. The molecule has 0 heterocycles. The van der Waals surface area contributed by atoms with Crippen LogP contribution in [-0.2, 0) is 6.54 Å². The molecule has 1 aliphatic rings. The third-order valence-corrected chi connectivity index (χ3v) is 4.55. The molecule has 1 aromatic carbocycles. The van der Waals surface area contributed by atoms with E-state index in [9.17, 15) is 0 Å². The van der Waals surface area contributed by atoms with Crippen LogP contribution in [0.4, 0.5) is 0 Å². The highest BCUT2D eigenvalue weighted by molar-refractivity contribution is 5.14. The molecule has 0 amide bonds. The van der Waals surface area contributed by atoms with Crippen molar-refractivity contribution in [3.8, 4) is 0 Å². The summed E-state index contributed by atoms with van der Waals surface area (Å²) in [4.78, 5) is 2.57. The minimum absolute atomic E-state index is 0.657. The van der Waals surface area contributed by atoms with Gasteiger partial charge in [0.2, 0.25) is 0 Å². The zero-order valence-electron chi connectivity index (χ0n) is 12.2. The van der Waals surface area contributed by atoms with Gasteiger partial charge in [-0.1, -0.05) is 49.6 Å². The van der Waals surface area contributed by atoms with Crippen molar-refractivity contribution in [3.05, 3.63) is 35.9 Å². The summed E-state index contributed by atoms with van der Waals surface area (Å²) >= 11 is 0. The molecule has 0 spiro atoms. The van der Waals surface area contributed by atoms with Gasteiger partial charge in [-0.3, -0.25) is 4.90 Å². The molecule has 1 atom stereocenters.